The molecule has 1 aromatic heterocycles. The van der Waals surface area contributed by atoms with Crippen LogP contribution in [0.2, 0.25) is 0 Å². The SMILES string of the molecule is COc1ccc(CN2C(=O)/C(=C\c3nc(C#N)c(N4CCC(Cc5ccccc5)CC4)o3)SC2=S)cc1. The second-order valence-corrected chi connectivity index (χ2v) is 10.7. The average Bonchev–Trinajstić information content (AvgIpc) is 3.46. The number of methoxy groups -OCH3 is 1. The first kappa shape index (κ1) is 25.1. The van der Waals surface area contributed by atoms with Crippen LogP contribution < -0.4 is 9.64 Å². The summed E-state index contributed by atoms with van der Waals surface area (Å²) in [5.41, 5.74) is 2.53. The van der Waals surface area contributed by atoms with Gasteiger partial charge in [0.15, 0.2) is 0 Å². The van der Waals surface area contributed by atoms with Gasteiger partial charge in [-0.2, -0.15) is 10.2 Å². The normalized spacial score (nSPS) is 17.5. The van der Waals surface area contributed by atoms with Crippen LogP contribution in [0.1, 0.15) is 35.6 Å². The molecule has 0 N–H and O–H groups in total. The number of rotatable bonds is 7. The smallest absolute Gasteiger partial charge is 0.266 e. The quantitative estimate of drug-likeness (QED) is 0.296. The summed E-state index contributed by atoms with van der Waals surface area (Å²) < 4.78 is 11.7. The van der Waals surface area contributed by atoms with Crippen molar-refractivity contribution in [3.8, 4) is 11.8 Å². The lowest BCUT2D eigenvalue weighted by atomic mass is 9.90. The lowest BCUT2D eigenvalue weighted by Gasteiger charge is -2.31. The van der Waals surface area contributed by atoms with Crippen molar-refractivity contribution in [2.24, 2.45) is 5.92 Å². The number of ether oxygens (including phenoxy) is 1. The molecule has 3 heterocycles. The zero-order valence-electron chi connectivity index (χ0n) is 20.4. The molecule has 0 unspecified atom stereocenters. The molecule has 37 heavy (non-hydrogen) atoms. The van der Waals surface area contributed by atoms with Gasteiger partial charge < -0.3 is 14.1 Å². The molecule has 1 amide bonds. The minimum Gasteiger partial charge on any atom is -0.497 e. The summed E-state index contributed by atoms with van der Waals surface area (Å²) in [7, 11) is 1.61. The number of thioether (sulfide) groups is 1. The van der Waals surface area contributed by atoms with Gasteiger partial charge in [-0.05, 0) is 48.4 Å². The van der Waals surface area contributed by atoms with Crippen LogP contribution in [0.3, 0.4) is 0 Å². The maximum absolute atomic E-state index is 13.1. The van der Waals surface area contributed by atoms with E-state index in [0.29, 0.717) is 27.6 Å². The molecular formula is C28H26N4O3S2. The van der Waals surface area contributed by atoms with Crippen molar-refractivity contribution in [3.63, 3.8) is 0 Å². The molecular weight excluding hydrogens is 504 g/mol. The Labute approximate surface area is 225 Å². The van der Waals surface area contributed by atoms with E-state index in [9.17, 15) is 10.1 Å². The first-order chi connectivity index (χ1) is 18.0. The fraction of sp³-hybridized carbons (Fsp3) is 0.286. The van der Waals surface area contributed by atoms with Crippen molar-refractivity contribution < 1.29 is 13.9 Å². The topological polar surface area (TPSA) is 82.6 Å². The van der Waals surface area contributed by atoms with Gasteiger partial charge in [-0.1, -0.05) is 66.4 Å². The summed E-state index contributed by atoms with van der Waals surface area (Å²) in [5.74, 6) is 1.86. The number of nitrogens with zero attached hydrogens (tertiary/aromatic N) is 4. The van der Waals surface area contributed by atoms with Crippen LogP contribution in [0.25, 0.3) is 6.08 Å². The van der Waals surface area contributed by atoms with Gasteiger partial charge in [0.1, 0.15) is 16.1 Å². The van der Waals surface area contributed by atoms with Crippen molar-refractivity contribution in [2.75, 3.05) is 25.1 Å². The van der Waals surface area contributed by atoms with Crippen LogP contribution >= 0.6 is 24.0 Å². The average molecular weight is 531 g/mol. The highest BCUT2D eigenvalue weighted by Gasteiger charge is 2.33. The molecule has 0 spiro atoms. The van der Waals surface area contributed by atoms with E-state index in [1.165, 1.54) is 17.3 Å². The van der Waals surface area contributed by atoms with Crippen LogP contribution in [0.4, 0.5) is 5.88 Å². The van der Waals surface area contributed by atoms with E-state index in [0.717, 1.165) is 43.7 Å². The number of benzene rings is 2. The highest BCUT2D eigenvalue weighted by molar-refractivity contribution is 8.26. The maximum atomic E-state index is 13.1. The van der Waals surface area contributed by atoms with Gasteiger partial charge in [0.05, 0.1) is 18.6 Å². The summed E-state index contributed by atoms with van der Waals surface area (Å²) in [6.07, 6.45) is 4.67. The second-order valence-electron chi connectivity index (χ2n) is 9.05. The van der Waals surface area contributed by atoms with Gasteiger partial charge in [-0.15, -0.1) is 0 Å². The molecule has 2 aliphatic heterocycles. The maximum Gasteiger partial charge on any atom is 0.266 e. The third-order valence-electron chi connectivity index (χ3n) is 6.63. The Hall–Kier alpha value is -3.61. The zero-order valence-corrected chi connectivity index (χ0v) is 22.1. The van der Waals surface area contributed by atoms with Gasteiger partial charge in [-0.25, -0.2) is 0 Å². The van der Waals surface area contributed by atoms with E-state index in [-0.39, 0.29) is 17.5 Å². The molecule has 0 atom stereocenters. The Bertz CT molecular complexity index is 1350. The number of oxazole rings is 1. The Morgan fingerprint density at radius 2 is 1.89 bits per heavy atom. The van der Waals surface area contributed by atoms with E-state index < -0.39 is 0 Å². The number of hydrogen-bond donors (Lipinski definition) is 0. The zero-order chi connectivity index (χ0) is 25.8. The Balaban J connectivity index is 1.25. The number of amides is 1. The van der Waals surface area contributed by atoms with E-state index in [4.69, 9.17) is 21.4 Å². The molecule has 2 aliphatic rings. The summed E-state index contributed by atoms with van der Waals surface area (Å²) in [5, 5.41) is 9.68. The first-order valence-electron chi connectivity index (χ1n) is 12.1. The molecule has 9 heteroatoms. The third-order valence-corrected chi connectivity index (χ3v) is 8.01. The van der Waals surface area contributed by atoms with Gasteiger partial charge in [0, 0.05) is 19.2 Å². The standard InChI is InChI=1S/C28H26N4O3S2/c1-34-22-9-7-21(8-10-22)18-32-26(33)24(37-28(32)36)16-25-30-23(17-29)27(35-25)31-13-11-20(12-14-31)15-19-5-3-2-4-6-19/h2-10,16,20H,11-15,18H2,1H3/b24-16+. The largest absolute Gasteiger partial charge is 0.497 e. The Morgan fingerprint density at radius 1 is 1.16 bits per heavy atom. The van der Waals surface area contributed by atoms with E-state index in [1.54, 1.807) is 18.1 Å². The molecule has 7 nitrogen and oxygen atoms in total. The summed E-state index contributed by atoms with van der Waals surface area (Å²) in [6.45, 7) is 1.96. The van der Waals surface area contributed by atoms with Crippen molar-refractivity contribution in [3.05, 3.63) is 82.2 Å². The van der Waals surface area contributed by atoms with Crippen molar-refractivity contribution in [2.45, 2.75) is 25.8 Å². The Kier molecular flexibility index (Phi) is 7.58. The molecule has 0 bridgehead atoms. The van der Waals surface area contributed by atoms with Crippen LogP contribution in [-0.4, -0.2) is 40.3 Å². The monoisotopic (exact) mass is 530 g/mol. The van der Waals surface area contributed by atoms with Crippen LogP contribution in [0.15, 0.2) is 63.9 Å². The molecule has 2 saturated heterocycles. The summed E-state index contributed by atoms with van der Waals surface area (Å²) >= 11 is 6.67. The number of aromatic nitrogens is 1. The number of piperidine rings is 1. The van der Waals surface area contributed by atoms with Gasteiger partial charge >= 0.3 is 0 Å². The van der Waals surface area contributed by atoms with E-state index in [1.807, 2.05) is 30.3 Å². The number of thiocarbonyl (C=S) groups is 1. The minimum atomic E-state index is -0.203. The molecule has 2 fully saturated rings. The summed E-state index contributed by atoms with van der Waals surface area (Å²) in [6, 6.07) is 20.2. The molecule has 188 valence electrons. The predicted molar refractivity (Wildman–Crippen MR) is 148 cm³/mol. The van der Waals surface area contributed by atoms with Gasteiger partial charge in [-0.3, -0.25) is 9.69 Å². The number of carbonyl (C=O) groups excluding carboxylic acids is 1. The Morgan fingerprint density at radius 3 is 2.57 bits per heavy atom. The lowest BCUT2D eigenvalue weighted by Crippen LogP contribution is -2.34. The number of nitriles is 1. The second kappa shape index (κ2) is 11.2. The highest BCUT2D eigenvalue weighted by Crippen LogP contribution is 2.35. The van der Waals surface area contributed by atoms with E-state index in [2.05, 4.69) is 40.2 Å². The van der Waals surface area contributed by atoms with Crippen LogP contribution in [-0.2, 0) is 17.8 Å². The predicted octanol–water partition coefficient (Wildman–Crippen LogP) is 5.42. The molecule has 2 aromatic carbocycles. The van der Waals surface area contributed by atoms with Crippen LogP contribution in [0.5, 0.6) is 5.75 Å². The number of anilines is 1. The molecule has 0 aliphatic carbocycles. The van der Waals surface area contributed by atoms with Crippen molar-refractivity contribution in [1.82, 2.24) is 9.88 Å². The number of hydrogen-bond acceptors (Lipinski definition) is 8. The number of carbonyl (C=O) groups is 1. The molecule has 3 aromatic rings. The van der Waals surface area contributed by atoms with Crippen LogP contribution in [0, 0.1) is 17.2 Å². The fourth-order valence-electron chi connectivity index (χ4n) is 4.63. The molecule has 5 rings (SSSR count). The van der Waals surface area contributed by atoms with Crippen molar-refractivity contribution in [1.29, 1.82) is 5.26 Å². The molecule has 0 radical (unpaired) electrons. The highest BCUT2D eigenvalue weighted by atomic mass is 32.2. The van der Waals surface area contributed by atoms with Gasteiger partial charge in [0.25, 0.3) is 5.91 Å². The lowest BCUT2D eigenvalue weighted by molar-refractivity contribution is -0.122. The van der Waals surface area contributed by atoms with Crippen molar-refractivity contribution >= 4 is 46.2 Å². The fourth-order valence-corrected chi connectivity index (χ4v) is 5.85. The van der Waals surface area contributed by atoms with E-state index >= 15 is 0 Å². The summed E-state index contributed by atoms with van der Waals surface area (Å²) in [4.78, 5) is 21.5. The third kappa shape index (κ3) is 5.71. The molecule has 0 saturated carbocycles. The first-order valence-corrected chi connectivity index (χ1v) is 13.3. The van der Waals surface area contributed by atoms with Gasteiger partial charge in [0.2, 0.25) is 17.5 Å². The minimum absolute atomic E-state index is 0.203.